The van der Waals surface area contributed by atoms with E-state index < -0.39 is 10.0 Å². The number of methoxy groups -OCH3 is 1. The Morgan fingerprint density at radius 1 is 1.00 bits per heavy atom. The first-order valence-corrected chi connectivity index (χ1v) is 11.2. The van der Waals surface area contributed by atoms with Crippen molar-refractivity contribution in [3.63, 3.8) is 0 Å². The predicted molar refractivity (Wildman–Crippen MR) is 104 cm³/mol. The third-order valence-electron chi connectivity index (χ3n) is 6.01. The fraction of sp³-hybridized carbons (Fsp3) is 0.650. The summed E-state index contributed by atoms with van der Waals surface area (Å²) >= 11 is 0. The van der Waals surface area contributed by atoms with E-state index in [0.29, 0.717) is 30.8 Å². The summed E-state index contributed by atoms with van der Waals surface area (Å²) in [6.07, 6.45) is 3.18. The summed E-state index contributed by atoms with van der Waals surface area (Å²) in [6, 6.07) is 5.26. The molecule has 1 amide bonds. The molecule has 2 aliphatic rings. The van der Waals surface area contributed by atoms with Gasteiger partial charge in [-0.2, -0.15) is 4.31 Å². The van der Waals surface area contributed by atoms with Crippen LogP contribution in [-0.4, -0.2) is 62.9 Å². The minimum Gasteiger partial charge on any atom is -0.381 e. The van der Waals surface area contributed by atoms with Gasteiger partial charge in [0.05, 0.1) is 11.0 Å². The second-order valence-corrected chi connectivity index (χ2v) is 9.62. The highest BCUT2D eigenvalue weighted by molar-refractivity contribution is 7.89. The van der Waals surface area contributed by atoms with Crippen LogP contribution in [0.4, 0.5) is 0 Å². The Bertz CT molecular complexity index is 777. The molecule has 0 aromatic heterocycles. The molecule has 3 rings (SSSR count). The molecule has 2 fully saturated rings. The minimum absolute atomic E-state index is 0.0738. The van der Waals surface area contributed by atoms with Crippen molar-refractivity contribution >= 4 is 15.9 Å². The molecule has 2 heterocycles. The van der Waals surface area contributed by atoms with Crippen molar-refractivity contribution in [2.45, 2.75) is 50.5 Å². The maximum atomic E-state index is 12.9. The van der Waals surface area contributed by atoms with E-state index in [1.54, 1.807) is 19.2 Å². The molecular formula is C20H30N2O4S. The van der Waals surface area contributed by atoms with Crippen LogP contribution in [0.15, 0.2) is 23.1 Å². The fourth-order valence-corrected chi connectivity index (χ4v) is 5.49. The molecular weight excluding hydrogens is 364 g/mol. The van der Waals surface area contributed by atoms with Crippen molar-refractivity contribution in [3.05, 3.63) is 29.3 Å². The second kappa shape index (κ2) is 8.29. The molecule has 0 bridgehead atoms. The molecule has 6 nitrogen and oxygen atoms in total. The van der Waals surface area contributed by atoms with E-state index in [4.69, 9.17) is 4.74 Å². The lowest BCUT2D eigenvalue weighted by atomic mass is 9.95. The number of sulfonamides is 1. The zero-order chi connectivity index (χ0) is 19.6. The second-order valence-electron chi connectivity index (χ2n) is 7.68. The summed E-state index contributed by atoms with van der Waals surface area (Å²) in [6.45, 7) is 6.17. The number of carbonyl (C=O) groups excluding carboxylic acids is 1. The summed E-state index contributed by atoms with van der Waals surface area (Å²) < 4.78 is 32.7. The maximum Gasteiger partial charge on any atom is 0.243 e. The number of piperidine rings is 2. The van der Waals surface area contributed by atoms with Crippen molar-refractivity contribution in [3.8, 4) is 0 Å². The number of aryl methyl sites for hydroxylation is 2. The lowest BCUT2D eigenvalue weighted by Gasteiger charge is -2.36. The molecule has 1 aromatic carbocycles. The molecule has 7 heteroatoms. The standard InChI is InChI=1S/C20H30N2O4S/c1-15-4-5-19(14-16(15)2)27(24,25)22-12-6-17(7-13-22)20(23)21-10-8-18(26-3)9-11-21/h4-5,14,17-18H,6-13H2,1-3H3. The van der Waals surface area contributed by atoms with Gasteiger partial charge in [0.2, 0.25) is 15.9 Å². The third kappa shape index (κ3) is 4.36. The average molecular weight is 395 g/mol. The van der Waals surface area contributed by atoms with Gasteiger partial charge < -0.3 is 9.64 Å². The molecule has 0 spiro atoms. The van der Waals surface area contributed by atoms with Crippen LogP contribution < -0.4 is 0 Å². The van der Waals surface area contributed by atoms with E-state index in [9.17, 15) is 13.2 Å². The van der Waals surface area contributed by atoms with Gasteiger partial charge in [0.25, 0.3) is 0 Å². The topological polar surface area (TPSA) is 66.9 Å². The normalized spacial score (nSPS) is 20.8. The number of likely N-dealkylation sites (tertiary alicyclic amines) is 1. The van der Waals surface area contributed by atoms with Gasteiger partial charge in [-0.25, -0.2) is 8.42 Å². The Hall–Kier alpha value is -1.44. The van der Waals surface area contributed by atoms with Gasteiger partial charge >= 0.3 is 0 Å². The van der Waals surface area contributed by atoms with E-state index in [1.165, 1.54) is 4.31 Å². The predicted octanol–water partition coefficient (Wildman–Crippen LogP) is 2.34. The lowest BCUT2D eigenvalue weighted by molar-refractivity contribution is -0.139. The van der Waals surface area contributed by atoms with E-state index in [0.717, 1.165) is 37.1 Å². The van der Waals surface area contributed by atoms with E-state index in [2.05, 4.69) is 0 Å². The van der Waals surface area contributed by atoms with Crippen LogP contribution >= 0.6 is 0 Å². The van der Waals surface area contributed by atoms with Gasteiger partial charge in [0.1, 0.15) is 0 Å². The molecule has 0 aliphatic carbocycles. The lowest BCUT2D eigenvalue weighted by Crippen LogP contribution is -2.47. The molecule has 27 heavy (non-hydrogen) atoms. The summed E-state index contributed by atoms with van der Waals surface area (Å²) in [5.74, 6) is 0.100. The summed E-state index contributed by atoms with van der Waals surface area (Å²) in [4.78, 5) is 15.0. The van der Waals surface area contributed by atoms with E-state index in [1.807, 2.05) is 24.8 Å². The quantitative estimate of drug-likeness (QED) is 0.786. The van der Waals surface area contributed by atoms with E-state index in [-0.39, 0.29) is 17.9 Å². The van der Waals surface area contributed by atoms with Crippen LogP contribution in [0.3, 0.4) is 0 Å². The van der Waals surface area contributed by atoms with Gasteiger partial charge in [-0.15, -0.1) is 0 Å². The van der Waals surface area contributed by atoms with Gasteiger partial charge in [-0.05, 0) is 62.8 Å². The van der Waals surface area contributed by atoms with Crippen molar-refractivity contribution < 1.29 is 17.9 Å². The summed E-state index contributed by atoms with van der Waals surface area (Å²) in [5.41, 5.74) is 2.05. The Morgan fingerprint density at radius 3 is 2.19 bits per heavy atom. The average Bonchev–Trinajstić information content (AvgIpc) is 2.69. The number of hydrogen-bond acceptors (Lipinski definition) is 4. The smallest absolute Gasteiger partial charge is 0.243 e. The van der Waals surface area contributed by atoms with Crippen LogP contribution in [0.25, 0.3) is 0 Å². The van der Waals surface area contributed by atoms with Gasteiger partial charge in [-0.3, -0.25) is 4.79 Å². The monoisotopic (exact) mass is 394 g/mol. The van der Waals surface area contributed by atoms with E-state index >= 15 is 0 Å². The molecule has 0 saturated carbocycles. The Morgan fingerprint density at radius 2 is 1.63 bits per heavy atom. The maximum absolute atomic E-state index is 12.9. The largest absolute Gasteiger partial charge is 0.381 e. The Labute approximate surface area is 162 Å². The number of rotatable bonds is 4. The van der Waals surface area contributed by atoms with Crippen LogP contribution in [-0.2, 0) is 19.6 Å². The van der Waals surface area contributed by atoms with Crippen molar-refractivity contribution in [1.82, 2.24) is 9.21 Å². The Balaban J connectivity index is 1.59. The van der Waals surface area contributed by atoms with Crippen molar-refractivity contribution in [2.75, 3.05) is 33.3 Å². The highest BCUT2D eigenvalue weighted by Gasteiger charge is 2.34. The number of ether oxygens (including phenoxy) is 1. The minimum atomic E-state index is -3.49. The molecule has 1 aromatic rings. The molecule has 0 unspecified atom stereocenters. The summed E-state index contributed by atoms with van der Waals surface area (Å²) in [7, 11) is -1.78. The Kier molecular flexibility index (Phi) is 6.23. The van der Waals surface area contributed by atoms with Crippen LogP contribution in [0.5, 0.6) is 0 Å². The highest BCUT2D eigenvalue weighted by atomic mass is 32.2. The van der Waals surface area contributed by atoms with Crippen molar-refractivity contribution in [1.29, 1.82) is 0 Å². The molecule has 0 atom stereocenters. The molecule has 2 aliphatic heterocycles. The van der Waals surface area contributed by atoms with Crippen LogP contribution in [0.2, 0.25) is 0 Å². The summed E-state index contributed by atoms with van der Waals surface area (Å²) in [5, 5.41) is 0. The first-order chi connectivity index (χ1) is 12.8. The zero-order valence-electron chi connectivity index (χ0n) is 16.5. The third-order valence-corrected chi connectivity index (χ3v) is 7.90. The van der Waals surface area contributed by atoms with Gasteiger partial charge in [0, 0.05) is 39.2 Å². The number of carbonyl (C=O) groups is 1. The molecule has 0 radical (unpaired) electrons. The molecule has 150 valence electrons. The van der Waals surface area contributed by atoms with Crippen LogP contribution in [0.1, 0.15) is 36.8 Å². The number of hydrogen-bond donors (Lipinski definition) is 0. The van der Waals surface area contributed by atoms with Gasteiger partial charge in [0.15, 0.2) is 0 Å². The van der Waals surface area contributed by atoms with Crippen LogP contribution in [0, 0.1) is 19.8 Å². The van der Waals surface area contributed by atoms with Gasteiger partial charge in [-0.1, -0.05) is 6.07 Å². The molecule has 2 saturated heterocycles. The number of amides is 1. The SMILES string of the molecule is COC1CCN(C(=O)C2CCN(S(=O)(=O)c3ccc(C)c(C)c3)CC2)CC1. The number of benzene rings is 1. The molecule has 0 N–H and O–H groups in total. The number of nitrogens with zero attached hydrogens (tertiary/aromatic N) is 2. The van der Waals surface area contributed by atoms with Crippen molar-refractivity contribution in [2.24, 2.45) is 5.92 Å². The zero-order valence-corrected chi connectivity index (χ0v) is 17.3. The highest BCUT2D eigenvalue weighted by Crippen LogP contribution is 2.27. The first-order valence-electron chi connectivity index (χ1n) is 9.72. The first kappa shape index (κ1) is 20.3. The fourth-order valence-electron chi connectivity index (χ4n) is 3.94.